The number of aromatic nitrogens is 2. The van der Waals surface area contributed by atoms with Gasteiger partial charge in [0.05, 0.1) is 17.8 Å². The van der Waals surface area contributed by atoms with Crippen LogP contribution < -0.4 is 5.56 Å². The molecule has 1 aromatic heterocycles. The molecule has 0 unspecified atom stereocenters. The Balaban J connectivity index is 1.39. The number of nitrogens with zero attached hydrogens (tertiary/aromatic N) is 3. The van der Waals surface area contributed by atoms with E-state index >= 15 is 0 Å². The maximum atomic E-state index is 12.8. The highest BCUT2D eigenvalue weighted by atomic mass is 16.2. The van der Waals surface area contributed by atoms with Crippen molar-refractivity contribution in [2.24, 2.45) is 5.92 Å². The molecule has 1 saturated heterocycles. The number of fused-ring (bicyclic) bond motifs is 1. The summed E-state index contributed by atoms with van der Waals surface area (Å²) in [5.41, 5.74) is 1.37. The summed E-state index contributed by atoms with van der Waals surface area (Å²) in [5, 5.41) is 0. The predicted octanol–water partition coefficient (Wildman–Crippen LogP) is 2.74. The molecule has 0 bridgehead atoms. The molecule has 0 spiro atoms. The van der Waals surface area contributed by atoms with Crippen LogP contribution in [0.15, 0.2) is 4.79 Å². The Labute approximate surface area is 178 Å². The van der Waals surface area contributed by atoms with E-state index in [4.69, 9.17) is 4.98 Å². The molecule has 2 amide bonds. The average Bonchev–Trinajstić information content (AvgIpc) is 2.79. The Bertz CT molecular complexity index is 835. The molecule has 1 aliphatic carbocycles. The number of hydrogen-bond donors (Lipinski definition) is 1. The minimum atomic E-state index is -0.107. The Morgan fingerprint density at radius 1 is 1.03 bits per heavy atom. The van der Waals surface area contributed by atoms with Crippen molar-refractivity contribution in [1.82, 2.24) is 19.8 Å². The van der Waals surface area contributed by atoms with Crippen LogP contribution in [0.25, 0.3) is 0 Å². The third kappa shape index (κ3) is 4.44. The van der Waals surface area contributed by atoms with Crippen LogP contribution in [-0.4, -0.2) is 51.2 Å². The fraction of sp³-hybridized carbons (Fsp3) is 0.739. The van der Waals surface area contributed by atoms with Crippen LogP contribution in [0.5, 0.6) is 0 Å². The summed E-state index contributed by atoms with van der Waals surface area (Å²) in [7, 11) is 0. The normalized spacial score (nSPS) is 20.8. The predicted molar refractivity (Wildman–Crippen MR) is 114 cm³/mol. The molecule has 7 heteroatoms. The van der Waals surface area contributed by atoms with Crippen LogP contribution in [0.2, 0.25) is 0 Å². The number of carbonyl (C=O) groups excluding carboxylic acids is 2. The van der Waals surface area contributed by atoms with Gasteiger partial charge in [0.15, 0.2) is 0 Å². The van der Waals surface area contributed by atoms with Gasteiger partial charge in [-0.3, -0.25) is 14.4 Å². The lowest BCUT2D eigenvalue weighted by Crippen LogP contribution is -2.43. The number of amides is 2. The molecule has 7 nitrogen and oxygen atoms in total. The Morgan fingerprint density at radius 2 is 1.77 bits per heavy atom. The molecule has 0 aromatic carbocycles. The van der Waals surface area contributed by atoms with E-state index in [-0.39, 0.29) is 23.3 Å². The Hall–Kier alpha value is -2.18. The molecule has 0 radical (unpaired) electrons. The summed E-state index contributed by atoms with van der Waals surface area (Å²) in [6.45, 7) is 4.49. The highest BCUT2D eigenvalue weighted by Crippen LogP contribution is 2.30. The lowest BCUT2D eigenvalue weighted by atomic mass is 9.87. The summed E-state index contributed by atoms with van der Waals surface area (Å²) in [6, 6.07) is 0. The van der Waals surface area contributed by atoms with E-state index in [0.29, 0.717) is 37.4 Å². The summed E-state index contributed by atoms with van der Waals surface area (Å²) < 4.78 is 0. The number of piperidine rings is 1. The van der Waals surface area contributed by atoms with E-state index in [1.807, 2.05) is 11.8 Å². The third-order valence-corrected chi connectivity index (χ3v) is 7.05. The molecule has 1 aromatic rings. The molecule has 3 heterocycles. The van der Waals surface area contributed by atoms with E-state index in [1.54, 1.807) is 4.90 Å². The molecule has 164 valence electrons. The SMILES string of the molecule is CCCC(=O)N1CCc2nc(C3CCN(C(=O)C4CCCCC4)CC3)[nH]c(=O)c2C1. The maximum Gasteiger partial charge on any atom is 0.256 e. The van der Waals surface area contributed by atoms with Crippen LogP contribution in [-0.2, 0) is 22.6 Å². The first-order valence-corrected chi connectivity index (χ1v) is 11.7. The summed E-state index contributed by atoms with van der Waals surface area (Å²) >= 11 is 0. The standard InChI is InChI=1S/C23H34N4O3/c1-2-6-20(28)27-14-11-19-18(15-27)22(29)25-21(24-19)16-9-12-26(13-10-16)23(30)17-7-4-3-5-8-17/h16-17H,2-15H2,1H3,(H,24,25,29). The minimum Gasteiger partial charge on any atom is -0.342 e. The van der Waals surface area contributed by atoms with Crippen molar-refractivity contribution in [2.75, 3.05) is 19.6 Å². The average molecular weight is 415 g/mol. The maximum absolute atomic E-state index is 12.8. The highest BCUT2D eigenvalue weighted by Gasteiger charge is 2.31. The van der Waals surface area contributed by atoms with E-state index in [2.05, 4.69) is 4.98 Å². The van der Waals surface area contributed by atoms with Crippen molar-refractivity contribution in [2.45, 2.75) is 83.6 Å². The summed E-state index contributed by atoms with van der Waals surface area (Å²) in [5.74, 6) is 1.61. The zero-order chi connectivity index (χ0) is 21.1. The van der Waals surface area contributed by atoms with E-state index in [1.165, 1.54) is 19.3 Å². The Kier molecular flexibility index (Phi) is 6.54. The third-order valence-electron chi connectivity index (χ3n) is 7.05. The van der Waals surface area contributed by atoms with Gasteiger partial charge in [-0.2, -0.15) is 0 Å². The number of rotatable bonds is 4. The van der Waals surface area contributed by atoms with Crippen LogP contribution in [0, 0.1) is 5.92 Å². The molecule has 2 fully saturated rings. The van der Waals surface area contributed by atoms with Crippen LogP contribution in [0.1, 0.15) is 87.7 Å². The quantitative estimate of drug-likeness (QED) is 0.821. The monoisotopic (exact) mass is 414 g/mol. The number of nitrogens with one attached hydrogen (secondary N) is 1. The zero-order valence-corrected chi connectivity index (χ0v) is 18.1. The molecular weight excluding hydrogens is 380 g/mol. The fourth-order valence-electron chi connectivity index (χ4n) is 5.20. The van der Waals surface area contributed by atoms with Gasteiger partial charge in [-0.25, -0.2) is 4.98 Å². The summed E-state index contributed by atoms with van der Waals surface area (Å²) in [6.07, 6.45) is 9.36. The van der Waals surface area contributed by atoms with Gasteiger partial charge in [0.2, 0.25) is 11.8 Å². The van der Waals surface area contributed by atoms with Crippen molar-refractivity contribution < 1.29 is 9.59 Å². The molecule has 0 atom stereocenters. The van der Waals surface area contributed by atoms with E-state index in [0.717, 1.165) is 56.7 Å². The molecule has 30 heavy (non-hydrogen) atoms. The van der Waals surface area contributed by atoms with Crippen LogP contribution in [0.3, 0.4) is 0 Å². The van der Waals surface area contributed by atoms with Gasteiger partial charge in [0.1, 0.15) is 5.82 Å². The van der Waals surface area contributed by atoms with Crippen molar-refractivity contribution in [1.29, 1.82) is 0 Å². The summed E-state index contributed by atoms with van der Waals surface area (Å²) in [4.78, 5) is 49.3. The number of H-pyrrole nitrogens is 1. The number of hydrogen-bond acceptors (Lipinski definition) is 4. The van der Waals surface area contributed by atoms with Gasteiger partial charge in [-0.1, -0.05) is 26.2 Å². The van der Waals surface area contributed by atoms with Gasteiger partial charge < -0.3 is 14.8 Å². The van der Waals surface area contributed by atoms with Gasteiger partial charge in [0.25, 0.3) is 5.56 Å². The molecule has 4 rings (SSSR count). The minimum absolute atomic E-state index is 0.107. The van der Waals surface area contributed by atoms with Crippen molar-refractivity contribution >= 4 is 11.8 Å². The largest absolute Gasteiger partial charge is 0.342 e. The lowest BCUT2D eigenvalue weighted by Gasteiger charge is -2.35. The first-order valence-electron chi connectivity index (χ1n) is 11.7. The number of likely N-dealkylation sites (tertiary alicyclic amines) is 1. The molecule has 1 saturated carbocycles. The van der Waals surface area contributed by atoms with Gasteiger partial charge >= 0.3 is 0 Å². The topological polar surface area (TPSA) is 86.4 Å². The van der Waals surface area contributed by atoms with Gasteiger partial charge in [-0.15, -0.1) is 0 Å². The Morgan fingerprint density at radius 3 is 2.47 bits per heavy atom. The van der Waals surface area contributed by atoms with E-state index < -0.39 is 0 Å². The highest BCUT2D eigenvalue weighted by molar-refractivity contribution is 5.79. The van der Waals surface area contributed by atoms with Crippen molar-refractivity contribution in [3.63, 3.8) is 0 Å². The molecular formula is C23H34N4O3. The number of aromatic amines is 1. The second-order valence-corrected chi connectivity index (χ2v) is 9.13. The molecule has 3 aliphatic rings. The van der Waals surface area contributed by atoms with Gasteiger partial charge in [-0.05, 0) is 32.1 Å². The second kappa shape index (κ2) is 9.31. The zero-order valence-electron chi connectivity index (χ0n) is 18.1. The first-order chi connectivity index (χ1) is 14.6. The molecule has 1 N–H and O–H groups in total. The van der Waals surface area contributed by atoms with E-state index in [9.17, 15) is 14.4 Å². The van der Waals surface area contributed by atoms with Crippen molar-refractivity contribution in [3.05, 3.63) is 27.4 Å². The number of carbonyl (C=O) groups is 2. The molecule has 2 aliphatic heterocycles. The lowest BCUT2D eigenvalue weighted by molar-refractivity contribution is -0.137. The smallest absolute Gasteiger partial charge is 0.256 e. The van der Waals surface area contributed by atoms with Crippen molar-refractivity contribution in [3.8, 4) is 0 Å². The second-order valence-electron chi connectivity index (χ2n) is 9.13. The van der Waals surface area contributed by atoms with Crippen LogP contribution >= 0.6 is 0 Å². The first kappa shape index (κ1) is 21.1. The fourth-order valence-corrected chi connectivity index (χ4v) is 5.20. The van der Waals surface area contributed by atoms with Crippen LogP contribution in [0.4, 0.5) is 0 Å². The van der Waals surface area contributed by atoms with Gasteiger partial charge in [0, 0.05) is 44.3 Å².